The second-order valence-electron chi connectivity index (χ2n) is 5.87. The predicted octanol–water partition coefficient (Wildman–Crippen LogP) is 1.62. The van der Waals surface area contributed by atoms with Gasteiger partial charge in [0, 0.05) is 44.0 Å². The molecule has 0 N–H and O–H groups in total. The summed E-state index contributed by atoms with van der Waals surface area (Å²) in [6.07, 6.45) is 3.09. The fraction of sp³-hybridized carbons (Fsp3) is 0.600. The van der Waals surface area contributed by atoms with Crippen LogP contribution < -0.4 is 0 Å². The summed E-state index contributed by atoms with van der Waals surface area (Å²) in [6.45, 7) is 7.67. The predicted molar refractivity (Wildman–Crippen MR) is 73.4 cm³/mol. The summed E-state index contributed by atoms with van der Waals surface area (Å²) in [7, 11) is 0. The number of piperazine rings is 1. The lowest BCUT2D eigenvalue weighted by molar-refractivity contribution is -0.0841. The third-order valence-corrected chi connectivity index (χ3v) is 4.45. The van der Waals surface area contributed by atoms with Gasteiger partial charge in [0.05, 0.1) is 11.3 Å². The maximum Gasteiger partial charge on any atom is 0.101 e. The van der Waals surface area contributed by atoms with Crippen LogP contribution in [0.1, 0.15) is 31.5 Å². The van der Waals surface area contributed by atoms with Gasteiger partial charge in [-0.2, -0.15) is 5.26 Å². The van der Waals surface area contributed by atoms with Crippen LogP contribution in [0.5, 0.6) is 0 Å². The maximum absolute atomic E-state index is 9.12. The van der Waals surface area contributed by atoms with Crippen molar-refractivity contribution in [2.24, 2.45) is 0 Å². The van der Waals surface area contributed by atoms with Gasteiger partial charge in [0.25, 0.3) is 0 Å². The van der Waals surface area contributed by atoms with E-state index < -0.39 is 0 Å². The van der Waals surface area contributed by atoms with Gasteiger partial charge in [0.2, 0.25) is 0 Å². The van der Waals surface area contributed by atoms with Crippen LogP contribution in [-0.4, -0.2) is 46.0 Å². The third-order valence-electron chi connectivity index (χ3n) is 4.45. The van der Waals surface area contributed by atoms with Crippen LogP contribution in [0.2, 0.25) is 0 Å². The van der Waals surface area contributed by atoms with Gasteiger partial charge in [-0.05, 0) is 32.4 Å². The van der Waals surface area contributed by atoms with E-state index in [-0.39, 0.29) is 0 Å². The molecule has 19 heavy (non-hydrogen) atoms. The number of nitriles is 1. The second kappa shape index (κ2) is 4.92. The Balaban J connectivity index is 1.69. The summed E-state index contributed by atoms with van der Waals surface area (Å²) in [5, 5.41) is 9.12. The van der Waals surface area contributed by atoms with Crippen LogP contribution in [0.4, 0.5) is 0 Å². The molecule has 1 aromatic rings. The van der Waals surface area contributed by atoms with Crippen LogP contribution in [0, 0.1) is 11.3 Å². The number of nitrogens with zero attached hydrogens (tertiary/aromatic N) is 4. The Morgan fingerprint density at radius 1 is 1.42 bits per heavy atom. The third kappa shape index (κ3) is 2.24. The normalized spacial score (nSPS) is 27.1. The molecule has 3 aliphatic heterocycles. The average Bonchev–Trinajstić information content (AvgIpc) is 2.45. The summed E-state index contributed by atoms with van der Waals surface area (Å²) in [4.78, 5) is 9.45. The molecule has 2 bridgehead atoms. The monoisotopic (exact) mass is 256 g/mol. The Morgan fingerprint density at radius 3 is 2.79 bits per heavy atom. The van der Waals surface area contributed by atoms with E-state index >= 15 is 0 Å². The second-order valence-corrected chi connectivity index (χ2v) is 5.87. The van der Waals surface area contributed by atoms with Gasteiger partial charge in [-0.15, -0.1) is 0 Å². The first-order valence-electron chi connectivity index (χ1n) is 7.03. The van der Waals surface area contributed by atoms with E-state index in [1.54, 1.807) is 6.20 Å². The fourth-order valence-electron chi connectivity index (χ4n) is 3.24. The largest absolute Gasteiger partial charge is 0.298 e. The molecular formula is C15H20N4. The standard InChI is InChI=1S/C15H20N4/c1-11(2)18-8-13-6-14(9-18)19(13)10-15-12(7-16)4-3-5-17-15/h3-5,11,13-14H,6,8-10H2,1-2H3. The van der Waals surface area contributed by atoms with Crippen LogP contribution >= 0.6 is 0 Å². The van der Waals surface area contributed by atoms with Gasteiger partial charge < -0.3 is 0 Å². The molecule has 0 radical (unpaired) electrons. The highest BCUT2D eigenvalue weighted by Gasteiger charge is 2.44. The Hall–Kier alpha value is -1.44. The van der Waals surface area contributed by atoms with E-state index in [1.807, 2.05) is 12.1 Å². The van der Waals surface area contributed by atoms with Crippen molar-refractivity contribution >= 4 is 0 Å². The first-order valence-corrected chi connectivity index (χ1v) is 7.03. The Bertz CT molecular complexity index is 493. The van der Waals surface area contributed by atoms with Gasteiger partial charge in [0.1, 0.15) is 6.07 Å². The number of aromatic nitrogens is 1. The van der Waals surface area contributed by atoms with Crippen molar-refractivity contribution in [1.82, 2.24) is 14.8 Å². The number of piperidine rings is 1. The van der Waals surface area contributed by atoms with Gasteiger partial charge in [0.15, 0.2) is 0 Å². The van der Waals surface area contributed by atoms with Crippen molar-refractivity contribution in [2.45, 2.75) is 44.9 Å². The molecule has 1 aromatic heterocycles. The van der Waals surface area contributed by atoms with Gasteiger partial charge >= 0.3 is 0 Å². The zero-order valence-corrected chi connectivity index (χ0v) is 11.6. The molecule has 0 saturated carbocycles. The first kappa shape index (κ1) is 12.6. The van der Waals surface area contributed by atoms with E-state index in [9.17, 15) is 0 Å². The first-order chi connectivity index (χ1) is 9.19. The molecule has 3 aliphatic rings. The van der Waals surface area contributed by atoms with Gasteiger partial charge in [-0.25, -0.2) is 0 Å². The number of hydrogen-bond donors (Lipinski definition) is 0. The van der Waals surface area contributed by atoms with Crippen molar-refractivity contribution in [2.75, 3.05) is 13.1 Å². The number of fused-ring (bicyclic) bond motifs is 2. The summed E-state index contributed by atoms with van der Waals surface area (Å²) < 4.78 is 0. The minimum Gasteiger partial charge on any atom is -0.298 e. The molecule has 3 fully saturated rings. The molecule has 2 atom stereocenters. The topological polar surface area (TPSA) is 43.2 Å². The maximum atomic E-state index is 9.12. The fourth-order valence-corrected chi connectivity index (χ4v) is 3.24. The molecule has 0 aromatic carbocycles. The van der Waals surface area contributed by atoms with E-state index in [1.165, 1.54) is 6.42 Å². The smallest absolute Gasteiger partial charge is 0.101 e. The highest BCUT2D eigenvalue weighted by molar-refractivity contribution is 5.32. The molecular weight excluding hydrogens is 236 g/mol. The molecule has 0 spiro atoms. The van der Waals surface area contributed by atoms with Gasteiger partial charge in [-0.1, -0.05) is 0 Å². The summed E-state index contributed by atoms with van der Waals surface area (Å²) >= 11 is 0. The molecule has 0 amide bonds. The highest BCUT2D eigenvalue weighted by atomic mass is 15.4. The van der Waals surface area contributed by atoms with Crippen molar-refractivity contribution in [3.05, 3.63) is 29.6 Å². The Morgan fingerprint density at radius 2 is 2.16 bits per heavy atom. The van der Waals surface area contributed by atoms with Crippen LogP contribution in [0.3, 0.4) is 0 Å². The molecule has 2 unspecified atom stereocenters. The zero-order chi connectivity index (χ0) is 13.4. The Labute approximate surface area is 114 Å². The summed E-state index contributed by atoms with van der Waals surface area (Å²) in [6, 6.07) is 7.87. The van der Waals surface area contributed by atoms with E-state index in [4.69, 9.17) is 5.26 Å². The highest BCUT2D eigenvalue weighted by Crippen LogP contribution is 2.34. The summed E-state index contributed by atoms with van der Waals surface area (Å²) in [5.74, 6) is 0. The molecule has 4 rings (SSSR count). The molecule has 4 heteroatoms. The van der Waals surface area contributed by atoms with Crippen LogP contribution in [-0.2, 0) is 6.54 Å². The molecule has 0 aliphatic carbocycles. The van der Waals surface area contributed by atoms with Crippen molar-refractivity contribution in [3.63, 3.8) is 0 Å². The quantitative estimate of drug-likeness (QED) is 0.824. The minimum absolute atomic E-state index is 0.636. The molecule has 4 heterocycles. The van der Waals surface area contributed by atoms with Gasteiger partial charge in [-0.3, -0.25) is 14.8 Å². The van der Waals surface area contributed by atoms with Crippen molar-refractivity contribution in [3.8, 4) is 6.07 Å². The lowest BCUT2D eigenvalue weighted by Crippen LogP contribution is -2.69. The SMILES string of the molecule is CC(C)N1CC2CC(C1)N2Cc1ncccc1C#N. The molecule has 100 valence electrons. The van der Waals surface area contributed by atoms with Crippen molar-refractivity contribution < 1.29 is 0 Å². The lowest BCUT2D eigenvalue weighted by Gasteiger charge is -2.57. The zero-order valence-electron chi connectivity index (χ0n) is 11.6. The molecule has 3 saturated heterocycles. The lowest BCUT2D eigenvalue weighted by atomic mass is 9.86. The van der Waals surface area contributed by atoms with E-state index in [2.05, 4.69) is 34.7 Å². The number of rotatable bonds is 3. The number of pyridine rings is 1. The number of hydrogen-bond acceptors (Lipinski definition) is 4. The van der Waals surface area contributed by atoms with E-state index in [0.717, 1.165) is 25.3 Å². The Kier molecular flexibility index (Phi) is 3.26. The van der Waals surface area contributed by atoms with E-state index in [0.29, 0.717) is 23.7 Å². The van der Waals surface area contributed by atoms with Crippen LogP contribution in [0.15, 0.2) is 18.3 Å². The molecule has 4 nitrogen and oxygen atoms in total. The summed E-state index contributed by atoms with van der Waals surface area (Å²) in [5.41, 5.74) is 1.64. The van der Waals surface area contributed by atoms with Crippen molar-refractivity contribution in [1.29, 1.82) is 5.26 Å². The minimum atomic E-state index is 0.636. The van der Waals surface area contributed by atoms with Crippen LogP contribution in [0.25, 0.3) is 0 Å². The average molecular weight is 256 g/mol.